The number of ether oxygens (including phenoxy) is 3. The number of halogens is 1. The molecular formula is C17H17BrN2O4. The second-order valence-electron chi connectivity index (χ2n) is 5.01. The van der Waals surface area contributed by atoms with Crippen LogP contribution in [0.15, 0.2) is 45.5 Å². The second-order valence-corrected chi connectivity index (χ2v) is 5.86. The van der Waals surface area contributed by atoms with E-state index >= 15 is 0 Å². The molecule has 0 amide bonds. The Bertz CT molecular complexity index is 777. The lowest BCUT2D eigenvalue weighted by molar-refractivity contribution is -0.139. The Morgan fingerprint density at radius 3 is 2.75 bits per heavy atom. The number of methoxy groups -OCH3 is 1. The maximum atomic E-state index is 12.4. The average molecular weight is 393 g/mol. The monoisotopic (exact) mass is 392 g/mol. The summed E-state index contributed by atoms with van der Waals surface area (Å²) in [6.45, 7) is 3.56. The molecule has 1 atom stereocenters. The van der Waals surface area contributed by atoms with Gasteiger partial charge in [0.05, 0.1) is 29.7 Å². The van der Waals surface area contributed by atoms with Crippen molar-refractivity contribution in [1.82, 2.24) is 0 Å². The van der Waals surface area contributed by atoms with Crippen LogP contribution in [0.25, 0.3) is 0 Å². The van der Waals surface area contributed by atoms with Gasteiger partial charge in [-0.2, -0.15) is 5.26 Å². The van der Waals surface area contributed by atoms with E-state index in [1.165, 1.54) is 0 Å². The van der Waals surface area contributed by atoms with Gasteiger partial charge in [0.1, 0.15) is 23.2 Å². The van der Waals surface area contributed by atoms with E-state index in [1.54, 1.807) is 39.2 Å². The molecule has 0 saturated carbocycles. The number of esters is 1. The minimum atomic E-state index is -0.662. The second kappa shape index (κ2) is 7.41. The first kappa shape index (κ1) is 17.9. The summed E-state index contributed by atoms with van der Waals surface area (Å²) in [5, 5.41) is 9.50. The molecule has 2 N–H and O–H groups in total. The first-order valence-corrected chi connectivity index (χ1v) is 8.02. The number of nitriles is 1. The third kappa shape index (κ3) is 3.24. The lowest BCUT2D eigenvalue weighted by atomic mass is 9.83. The lowest BCUT2D eigenvalue weighted by Gasteiger charge is -2.27. The number of nitrogens with zero attached hydrogens (tertiary/aromatic N) is 1. The first-order valence-electron chi connectivity index (χ1n) is 7.23. The van der Waals surface area contributed by atoms with Crippen LogP contribution in [0, 0.1) is 11.3 Å². The number of hydrogen-bond donors (Lipinski definition) is 1. The highest BCUT2D eigenvalue weighted by Crippen LogP contribution is 2.41. The third-order valence-electron chi connectivity index (χ3n) is 3.61. The van der Waals surface area contributed by atoms with Gasteiger partial charge >= 0.3 is 5.97 Å². The number of hydrogen-bond acceptors (Lipinski definition) is 6. The molecule has 1 aromatic rings. The standard InChI is InChI=1S/C17H17BrN2O4/c1-4-23-17(21)14-9(2)24-16(20)11(8-19)15(14)10-5-6-13(22-3)12(18)7-10/h5-7,15H,4,20H2,1-3H3. The van der Waals surface area contributed by atoms with E-state index in [-0.39, 0.29) is 23.6 Å². The summed E-state index contributed by atoms with van der Waals surface area (Å²) >= 11 is 3.42. The van der Waals surface area contributed by atoms with Gasteiger partial charge in [0, 0.05) is 0 Å². The van der Waals surface area contributed by atoms with Crippen LogP contribution in [0.1, 0.15) is 25.3 Å². The van der Waals surface area contributed by atoms with Gasteiger partial charge in [0.15, 0.2) is 0 Å². The molecule has 1 aromatic carbocycles. The summed E-state index contributed by atoms with van der Waals surface area (Å²) < 4.78 is 16.4. The fourth-order valence-electron chi connectivity index (χ4n) is 2.55. The predicted molar refractivity (Wildman–Crippen MR) is 90.7 cm³/mol. The highest BCUT2D eigenvalue weighted by atomic mass is 79.9. The van der Waals surface area contributed by atoms with Crippen molar-refractivity contribution in [2.75, 3.05) is 13.7 Å². The van der Waals surface area contributed by atoms with Gasteiger partial charge in [-0.1, -0.05) is 6.07 Å². The normalized spacial score (nSPS) is 17.2. The minimum Gasteiger partial charge on any atom is -0.496 e. The molecule has 0 aliphatic carbocycles. The van der Waals surface area contributed by atoms with Crippen LogP contribution >= 0.6 is 15.9 Å². The number of carbonyl (C=O) groups excluding carboxylic acids is 1. The predicted octanol–water partition coefficient (Wildman–Crippen LogP) is 3.10. The molecule has 0 fully saturated rings. The number of carbonyl (C=O) groups is 1. The highest BCUT2D eigenvalue weighted by molar-refractivity contribution is 9.10. The molecule has 0 radical (unpaired) electrons. The SMILES string of the molecule is CCOC(=O)C1=C(C)OC(N)=C(C#N)C1c1ccc(OC)c(Br)c1. The minimum absolute atomic E-state index is 0.0139. The first-order chi connectivity index (χ1) is 11.4. The Kier molecular flexibility index (Phi) is 5.52. The smallest absolute Gasteiger partial charge is 0.338 e. The van der Waals surface area contributed by atoms with Crippen molar-refractivity contribution in [2.45, 2.75) is 19.8 Å². The van der Waals surface area contributed by atoms with Crippen LogP contribution in [0.5, 0.6) is 5.75 Å². The Morgan fingerprint density at radius 2 is 2.21 bits per heavy atom. The summed E-state index contributed by atoms with van der Waals surface area (Å²) in [4.78, 5) is 12.4. The van der Waals surface area contributed by atoms with E-state index in [9.17, 15) is 10.1 Å². The van der Waals surface area contributed by atoms with Crippen molar-refractivity contribution in [3.63, 3.8) is 0 Å². The van der Waals surface area contributed by atoms with E-state index < -0.39 is 11.9 Å². The lowest BCUT2D eigenvalue weighted by Crippen LogP contribution is -2.25. The number of benzene rings is 1. The van der Waals surface area contributed by atoms with Crippen molar-refractivity contribution < 1.29 is 19.0 Å². The molecule has 0 bridgehead atoms. The van der Waals surface area contributed by atoms with E-state index in [1.807, 2.05) is 6.07 Å². The molecular weight excluding hydrogens is 376 g/mol. The number of allylic oxidation sites excluding steroid dienone is 2. The zero-order chi connectivity index (χ0) is 17.9. The van der Waals surface area contributed by atoms with E-state index in [0.29, 0.717) is 21.5 Å². The van der Waals surface area contributed by atoms with Gasteiger partial charge in [-0.25, -0.2) is 4.79 Å². The molecule has 0 saturated heterocycles. The Hall–Kier alpha value is -2.46. The molecule has 1 aliphatic rings. The Labute approximate surface area is 148 Å². The van der Waals surface area contributed by atoms with Gasteiger partial charge in [-0.15, -0.1) is 0 Å². The van der Waals surface area contributed by atoms with Crippen molar-refractivity contribution >= 4 is 21.9 Å². The van der Waals surface area contributed by atoms with Crippen LogP contribution in [0.4, 0.5) is 0 Å². The van der Waals surface area contributed by atoms with E-state index in [4.69, 9.17) is 19.9 Å². The van der Waals surface area contributed by atoms with Crippen molar-refractivity contribution in [3.05, 3.63) is 51.0 Å². The van der Waals surface area contributed by atoms with Crippen LogP contribution in [0.3, 0.4) is 0 Å². The molecule has 6 nitrogen and oxygen atoms in total. The third-order valence-corrected chi connectivity index (χ3v) is 4.23. The zero-order valence-electron chi connectivity index (χ0n) is 13.6. The van der Waals surface area contributed by atoms with Gasteiger partial charge in [0.2, 0.25) is 5.88 Å². The highest BCUT2D eigenvalue weighted by Gasteiger charge is 2.36. The van der Waals surface area contributed by atoms with Gasteiger partial charge < -0.3 is 19.9 Å². The molecule has 1 heterocycles. The Morgan fingerprint density at radius 1 is 1.50 bits per heavy atom. The Balaban J connectivity index is 2.62. The molecule has 2 rings (SSSR count). The maximum Gasteiger partial charge on any atom is 0.338 e. The largest absolute Gasteiger partial charge is 0.496 e. The number of rotatable bonds is 4. The molecule has 7 heteroatoms. The molecule has 0 aromatic heterocycles. The van der Waals surface area contributed by atoms with Crippen molar-refractivity contribution in [1.29, 1.82) is 5.26 Å². The summed E-state index contributed by atoms with van der Waals surface area (Å²) in [5.41, 5.74) is 6.98. The summed E-state index contributed by atoms with van der Waals surface area (Å²) in [6, 6.07) is 7.35. The topological polar surface area (TPSA) is 94.6 Å². The van der Waals surface area contributed by atoms with Crippen molar-refractivity contribution in [3.8, 4) is 11.8 Å². The van der Waals surface area contributed by atoms with Crippen LogP contribution in [-0.2, 0) is 14.3 Å². The molecule has 24 heavy (non-hydrogen) atoms. The van der Waals surface area contributed by atoms with Crippen LogP contribution < -0.4 is 10.5 Å². The molecule has 0 spiro atoms. The fourth-order valence-corrected chi connectivity index (χ4v) is 3.11. The molecule has 1 unspecified atom stereocenters. The maximum absolute atomic E-state index is 12.4. The van der Waals surface area contributed by atoms with Gasteiger partial charge in [0.25, 0.3) is 0 Å². The van der Waals surface area contributed by atoms with Crippen molar-refractivity contribution in [2.24, 2.45) is 5.73 Å². The van der Waals surface area contributed by atoms with Crippen LogP contribution in [0.2, 0.25) is 0 Å². The number of nitrogens with two attached hydrogens (primary N) is 1. The summed E-state index contributed by atoms with van der Waals surface area (Å²) in [6.07, 6.45) is 0. The zero-order valence-corrected chi connectivity index (χ0v) is 15.1. The van der Waals surface area contributed by atoms with E-state index in [0.717, 1.165) is 0 Å². The molecule has 1 aliphatic heterocycles. The fraction of sp³-hybridized carbons (Fsp3) is 0.294. The molecule has 126 valence electrons. The summed E-state index contributed by atoms with van der Waals surface area (Å²) in [7, 11) is 1.56. The van der Waals surface area contributed by atoms with E-state index in [2.05, 4.69) is 15.9 Å². The van der Waals surface area contributed by atoms with Crippen LogP contribution in [-0.4, -0.2) is 19.7 Å². The van der Waals surface area contributed by atoms with Gasteiger partial charge in [-0.05, 0) is 47.5 Å². The summed E-state index contributed by atoms with van der Waals surface area (Å²) in [5.74, 6) is -0.251. The van der Waals surface area contributed by atoms with Gasteiger partial charge in [-0.3, -0.25) is 0 Å². The average Bonchev–Trinajstić information content (AvgIpc) is 2.54. The quantitative estimate of drug-likeness (QED) is 0.790.